The predicted molar refractivity (Wildman–Crippen MR) is 138 cm³/mol. The van der Waals surface area contributed by atoms with Crippen molar-refractivity contribution in [3.05, 3.63) is 65.7 Å². The van der Waals surface area contributed by atoms with Crippen LogP contribution in [0.2, 0.25) is 5.02 Å². The maximum Gasteiger partial charge on any atom is 0.340 e. The van der Waals surface area contributed by atoms with Crippen molar-refractivity contribution in [2.24, 2.45) is 11.7 Å². The molecule has 1 heterocycles. The van der Waals surface area contributed by atoms with Crippen LogP contribution >= 0.6 is 11.6 Å². The molecule has 0 aromatic heterocycles. The summed E-state index contributed by atoms with van der Waals surface area (Å²) in [6.07, 6.45) is 1.74. The minimum Gasteiger partial charge on any atom is -0.493 e. The van der Waals surface area contributed by atoms with Gasteiger partial charge in [-0.05, 0) is 42.3 Å². The number of nitrogens with one attached hydrogen (secondary N) is 1. The molecule has 11 heteroatoms. The molecule has 1 fully saturated rings. The number of carboxylic acids is 1. The number of piperidine rings is 1. The van der Waals surface area contributed by atoms with E-state index in [4.69, 9.17) is 41.6 Å². The average Bonchev–Trinajstić information content (AvgIpc) is 2.82. The fourth-order valence-electron chi connectivity index (χ4n) is 3.78. The third-order valence-corrected chi connectivity index (χ3v) is 7.29. The van der Waals surface area contributed by atoms with Crippen molar-refractivity contribution in [1.29, 1.82) is 5.41 Å². The van der Waals surface area contributed by atoms with Gasteiger partial charge < -0.3 is 24.7 Å². The van der Waals surface area contributed by atoms with Gasteiger partial charge in [-0.15, -0.1) is 0 Å². The Morgan fingerprint density at radius 1 is 1.14 bits per heavy atom. The molecule has 0 radical (unpaired) electrons. The second-order valence-electron chi connectivity index (χ2n) is 8.26. The van der Waals surface area contributed by atoms with Gasteiger partial charge in [-0.3, -0.25) is 10.2 Å². The number of hydrogen-bond donors (Lipinski definition) is 3. The van der Waals surface area contributed by atoms with Gasteiger partial charge in [0, 0.05) is 31.5 Å². The molecule has 36 heavy (non-hydrogen) atoms. The molecule has 9 nitrogen and oxygen atoms in total. The largest absolute Gasteiger partial charge is 0.493 e. The quantitative estimate of drug-likeness (QED) is 0.241. The lowest BCUT2D eigenvalue weighted by Crippen LogP contribution is -2.43. The number of carboxylic acid groups (broad SMARTS) is 1. The molecular formula is C25H28ClN3O6S. The summed E-state index contributed by atoms with van der Waals surface area (Å²) in [5, 5.41) is 16.7. The number of rotatable bonds is 6. The highest BCUT2D eigenvalue weighted by Crippen LogP contribution is 2.34. The van der Waals surface area contributed by atoms with E-state index < -0.39 is 16.1 Å². The molecule has 3 aromatic rings. The molecule has 0 unspecified atom stereocenters. The van der Waals surface area contributed by atoms with Crippen LogP contribution in [0.1, 0.15) is 19.8 Å². The van der Waals surface area contributed by atoms with E-state index >= 15 is 0 Å². The number of nitrogens with zero attached hydrogens (tertiary/aromatic N) is 1. The first-order valence-electron chi connectivity index (χ1n) is 11.2. The fourth-order valence-corrected chi connectivity index (χ4v) is 5.19. The molecule has 3 aromatic carbocycles. The predicted octanol–water partition coefficient (Wildman–Crippen LogP) is 4.34. The van der Waals surface area contributed by atoms with Crippen LogP contribution in [-0.4, -0.2) is 50.0 Å². The number of halogens is 1. The molecule has 4 N–H and O–H groups in total. The summed E-state index contributed by atoms with van der Waals surface area (Å²) in [6, 6.07) is 17.0. The van der Waals surface area contributed by atoms with Gasteiger partial charge in [0.1, 0.15) is 16.4 Å². The Bertz CT molecular complexity index is 1340. The second-order valence-corrected chi connectivity index (χ2v) is 10.2. The van der Waals surface area contributed by atoms with E-state index in [1.807, 2.05) is 29.2 Å². The number of carbonyl (C=O) groups is 1. The van der Waals surface area contributed by atoms with Crippen molar-refractivity contribution in [2.75, 3.05) is 19.7 Å². The zero-order valence-electron chi connectivity index (χ0n) is 19.7. The van der Waals surface area contributed by atoms with E-state index in [2.05, 4.69) is 0 Å². The SMILES string of the molecule is CC(=O)O.N=C(N)N1CCC(COc2cc(OS(=O)(=O)c3ccccc3Cl)cc3ccccc23)CC1. The van der Waals surface area contributed by atoms with E-state index in [-0.39, 0.29) is 21.6 Å². The van der Waals surface area contributed by atoms with Crippen molar-refractivity contribution < 1.29 is 27.2 Å². The number of benzene rings is 3. The molecule has 0 bridgehead atoms. The van der Waals surface area contributed by atoms with Crippen LogP contribution in [-0.2, 0) is 14.9 Å². The highest BCUT2D eigenvalue weighted by molar-refractivity contribution is 7.87. The lowest BCUT2D eigenvalue weighted by Gasteiger charge is -2.32. The van der Waals surface area contributed by atoms with Crippen molar-refractivity contribution in [2.45, 2.75) is 24.7 Å². The molecule has 0 saturated carbocycles. The van der Waals surface area contributed by atoms with Gasteiger partial charge in [0.15, 0.2) is 5.96 Å². The monoisotopic (exact) mass is 533 g/mol. The molecule has 0 atom stereocenters. The minimum atomic E-state index is -4.10. The number of nitrogens with two attached hydrogens (primary N) is 1. The summed E-state index contributed by atoms with van der Waals surface area (Å²) >= 11 is 6.06. The highest BCUT2D eigenvalue weighted by atomic mass is 35.5. The second kappa shape index (κ2) is 12.0. The Kier molecular flexibility index (Phi) is 9.00. The summed E-state index contributed by atoms with van der Waals surface area (Å²) in [5.41, 5.74) is 5.56. The molecule has 0 aliphatic carbocycles. The zero-order chi connectivity index (χ0) is 26.3. The van der Waals surface area contributed by atoms with Crippen molar-refractivity contribution in [3.8, 4) is 11.5 Å². The third-order valence-electron chi connectivity index (χ3n) is 5.54. The van der Waals surface area contributed by atoms with Crippen molar-refractivity contribution in [1.82, 2.24) is 4.90 Å². The van der Waals surface area contributed by atoms with Gasteiger partial charge in [0.05, 0.1) is 11.6 Å². The van der Waals surface area contributed by atoms with Crippen LogP contribution in [0.4, 0.5) is 0 Å². The third kappa shape index (κ3) is 7.25. The van der Waals surface area contributed by atoms with Gasteiger partial charge in [0.25, 0.3) is 5.97 Å². The van der Waals surface area contributed by atoms with E-state index in [1.165, 1.54) is 12.1 Å². The van der Waals surface area contributed by atoms with Gasteiger partial charge in [0.2, 0.25) is 0 Å². The number of aliphatic carboxylic acids is 1. The Morgan fingerprint density at radius 3 is 2.39 bits per heavy atom. The first kappa shape index (κ1) is 27.1. The van der Waals surface area contributed by atoms with Gasteiger partial charge in [-0.25, -0.2) is 0 Å². The molecule has 4 rings (SSSR count). The van der Waals surface area contributed by atoms with Crippen LogP contribution in [0.15, 0.2) is 65.6 Å². The Morgan fingerprint density at radius 2 is 1.75 bits per heavy atom. The van der Waals surface area contributed by atoms with E-state index in [0.717, 1.165) is 43.6 Å². The fraction of sp³-hybridized carbons (Fsp3) is 0.280. The smallest absolute Gasteiger partial charge is 0.340 e. The molecule has 1 aliphatic rings. The van der Waals surface area contributed by atoms with Crippen LogP contribution in [0.25, 0.3) is 10.8 Å². The number of ether oxygens (including phenoxy) is 1. The van der Waals surface area contributed by atoms with Crippen molar-refractivity contribution >= 4 is 44.4 Å². The summed E-state index contributed by atoms with van der Waals surface area (Å²) in [7, 11) is -4.10. The topological polar surface area (TPSA) is 143 Å². The van der Waals surface area contributed by atoms with Crippen LogP contribution < -0.4 is 14.7 Å². The van der Waals surface area contributed by atoms with E-state index in [0.29, 0.717) is 18.3 Å². The normalized spacial score (nSPS) is 14.0. The minimum absolute atomic E-state index is 0.0884. The Labute approximate surface area is 215 Å². The van der Waals surface area contributed by atoms with E-state index in [1.54, 1.807) is 24.3 Å². The Hall–Kier alpha value is -3.50. The number of hydrogen-bond acceptors (Lipinski definition) is 6. The Balaban J connectivity index is 0.000000840. The van der Waals surface area contributed by atoms with Gasteiger partial charge in [-0.2, -0.15) is 8.42 Å². The molecule has 1 saturated heterocycles. The van der Waals surface area contributed by atoms with Crippen LogP contribution in [0, 0.1) is 11.3 Å². The summed E-state index contributed by atoms with van der Waals surface area (Å²) in [6.45, 7) is 3.02. The molecule has 0 spiro atoms. The number of fused-ring (bicyclic) bond motifs is 1. The maximum absolute atomic E-state index is 12.8. The lowest BCUT2D eigenvalue weighted by atomic mass is 9.98. The molecule has 0 amide bonds. The maximum atomic E-state index is 12.8. The van der Waals surface area contributed by atoms with Crippen molar-refractivity contribution in [3.63, 3.8) is 0 Å². The van der Waals surface area contributed by atoms with Gasteiger partial charge in [-0.1, -0.05) is 48.0 Å². The number of guanidine groups is 1. The first-order valence-corrected chi connectivity index (χ1v) is 13.0. The van der Waals surface area contributed by atoms with Crippen LogP contribution in [0.3, 0.4) is 0 Å². The lowest BCUT2D eigenvalue weighted by molar-refractivity contribution is -0.134. The van der Waals surface area contributed by atoms with Crippen LogP contribution in [0.5, 0.6) is 11.5 Å². The molecular weight excluding hydrogens is 506 g/mol. The average molecular weight is 534 g/mol. The standard InChI is InChI=1S/C23H24ClN3O4S.C2H4O2/c24-20-7-3-4-8-22(20)32(28,29)31-18-13-17-5-1-2-6-19(17)21(14-18)30-15-16-9-11-27(12-10-16)23(25)26;1-2(3)4/h1-8,13-14,16H,9-12,15H2,(H3,25,26);1H3,(H,3,4). The number of likely N-dealkylation sites (tertiary alicyclic amines) is 1. The molecule has 1 aliphatic heterocycles. The summed E-state index contributed by atoms with van der Waals surface area (Å²) in [4.78, 5) is 10.8. The summed E-state index contributed by atoms with van der Waals surface area (Å²) in [5.74, 6) is 0.298. The molecule has 192 valence electrons. The van der Waals surface area contributed by atoms with Gasteiger partial charge >= 0.3 is 10.1 Å². The van der Waals surface area contributed by atoms with E-state index in [9.17, 15) is 8.42 Å². The highest BCUT2D eigenvalue weighted by Gasteiger charge is 2.23. The zero-order valence-corrected chi connectivity index (χ0v) is 21.3. The first-order chi connectivity index (χ1) is 17.1. The summed E-state index contributed by atoms with van der Waals surface area (Å²) < 4.78 is 37.1.